The number of benzene rings is 1. The van der Waals surface area contributed by atoms with Crippen molar-refractivity contribution in [3.8, 4) is 0 Å². The molecule has 1 aromatic rings. The number of carbonyl (C=O) groups is 4. The number of Topliss-reactive ketones (excluding diaryl/α,β-unsaturated/α-hetero) is 1. The highest BCUT2D eigenvalue weighted by atomic mass is 16.5. The van der Waals surface area contributed by atoms with Crippen molar-refractivity contribution in [3.05, 3.63) is 35.9 Å². The number of ether oxygens (including phenoxy) is 2. The van der Waals surface area contributed by atoms with Gasteiger partial charge in [0, 0.05) is 94.4 Å². The average molecular weight is 786 g/mol. The lowest BCUT2D eigenvalue weighted by atomic mass is 9.85. The maximum Gasteiger partial charge on any atom is 0.247 e. The summed E-state index contributed by atoms with van der Waals surface area (Å²) in [4.78, 5) is 70.3. The van der Waals surface area contributed by atoms with Crippen LogP contribution in [-0.4, -0.2) is 167 Å². The van der Waals surface area contributed by atoms with E-state index in [2.05, 4.69) is 19.2 Å². The van der Waals surface area contributed by atoms with Crippen molar-refractivity contribution in [2.75, 3.05) is 83.2 Å². The molecular weight excluding hydrogens is 711 g/mol. The summed E-state index contributed by atoms with van der Waals surface area (Å²) in [6, 6.07) is 8.46. The molecule has 1 aliphatic rings. The predicted molar refractivity (Wildman–Crippen MR) is 224 cm³/mol. The van der Waals surface area contributed by atoms with E-state index in [1.54, 1.807) is 38.1 Å². The number of hydrogen-bond acceptors (Lipinski definition) is 8. The molecule has 1 N–H and O–H groups in total. The molecular formula is C43H75N7O6. The first-order chi connectivity index (χ1) is 26.4. The molecule has 1 fully saturated rings. The second-order valence-electron chi connectivity index (χ2n) is 16.4. The van der Waals surface area contributed by atoms with E-state index in [0.717, 1.165) is 18.4 Å². The highest BCUT2D eigenvalue weighted by Gasteiger charge is 2.43. The summed E-state index contributed by atoms with van der Waals surface area (Å²) in [6.45, 7) is 11.7. The summed E-state index contributed by atoms with van der Waals surface area (Å²) in [5.74, 6) is -0.758. The Hall–Kier alpha value is -3.55. The summed E-state index contributed by atoms with van der Waals surface area (Å²) in [5, 5.41) is 3.09. The number of ketones is 1. The number of amides is 3. The summed E-state index contributed by atoms with van der Waals surface area (Å²) in [7, 11) is 16.3. The first-order valence-corrected chi connectivity index (χ1v) is 20.5. The number of carbonyl (C=O) groups excluding carboxylic acids is 4. The lowest BCUT2D eigenvalue weighted by molar-refractivity contribution is -0.146. The van der Waals surface area contributed by atoms with Crippen molar-refractivity contribution in [2.24, 2.45) is 28.7 Å². The molecule has 0 bridgehead atoms. The van der Waals surface area contributed by atoms with Crippen molar-refractivity contribution in [3.63, 3.8) is 0 Å². The van der Waals surface area contributed by atoms with E-state index in [1.165, 1.54) is 0 Å². The van der Waals surface area contributed by atoms with Crippen LogP contribution in [0.4, 0.5) is 0 Å². The molecule has 1 aromatic carbocycles. The van der Waals surface area contributed by atoms with Gasteiger partial charge in [-0.3, -0.25) is 19.2 Å². The van der Waals surface area contributed by atoms with Crippen molar-refractivity contribution >= 4 is 29.5 Å². The third-order valence-electron chi connectivity index (χ3n) is 11.5. The molecule has 0 aromatic heterocycles. The van der Waals surface area contributed by atoms with Gasteiger partial charge in [-0.25, -0.2) is 4.99 Å². The van der Waals surface area contributed by atoms with Crippen LogP contribution in [0.3, 0.4) is 0 Å². The number of nitrogens with one attached hydrogen (secondary N) is 1. The summed E-state index contributed by atoms with van der Waals surface area (Å²) in [5.41, 5.74) is 0.999. The van der Waals surface area contributed by atoms with Crippen LogP contribution in [0.2, 0.25) is 0 Å². The minimum absolute atomic E-state index is 0.0308. The second-order valence-corrected chi connectivity index (χ2v) is 16.4. The van der Waals surface area contributed by atoms with E-state index in [0.29, 0.717) is 38.4 Å². The van der Waals surface area contributed by atoms with Crippen LogP contribution in [0, 0.1) is 23.7 Å². The van der Waals surface area contributed by atoms with E-state index >= 15 is 0 Å². The van der Waals surface area contributed by atoms with Gasteiger partial charge in [-0.05, 0) is 43.7 Å². The summed E-state index contributed by atoms with van der Waals surface area (Å²) >= 11 is 0. The van der Waals surface area contributed by atoms with E-state index in [4.69, 9.17) is 14.5 Å². The van der Waals surface area contributed by atoms with Crippen LogP contribution in [0.25, 0.3) is 0 Å². The number of guanidine groups is 1. The number of nitrogens with zero attached hydrogens (tertiary/aromatic N) is 6. The fourth-order valence-corrected chi connectivity index (χ4v) is 8.07. The maximum absolute atomic E-state index is 14.3. The number of methoxy groups -OCH3 is 2. The van der Waals surface area contributed by atoms with E-state index < -0.39 is 30.1 Å². The van der Waals surface area contributed by atoms with Crippen LogP contribution in [0.5, 0.6) is 0 Å². The van der Waals surface area contributed by atoms with Crippen molar-refractivity contribution in [1.82, 2.24) is 29.8 Å². The molecule has 13 nitrogen and oxygen atoms in total. The quantitative estimate of drug-likeness (QED) is 0.138. The Labute approximate surface area is 338 Å². The number of likely N-dealkylation sites (tertiary alicyclic amines) is 1. The maximum atomic E-state index is 14.3. The molecule has 2 rings (SSSR count). The van der Waals surface area contributed by atoms with Crippen molar-refractivity contribution < 1.29 is 28.7 Å². The SMILES string of the molecule is CC[C@H](C)[C@@H]([C@@H](CC(=O)N1CCC[C@H]1[C@H](OC)[C@@H](C)C(=O)C[C@@H](Cc1ccccc1)C(=O)N(C)CCNC)OC)N(C)C(=O)[C@@H](N=C(N(C)C)N(C)C)C(C)C. The molecule has 0 spiro atoms. The van der Waals surface area contributed by atoms with Gasteiger partial charge >= 0.3 is 0 Å². The molecule has 0 unspecified atom stereocenters. The Morgan fingerprint density at radius 2 is 1.54 bits per heavy atom. The third-order valence-corrected chi connectivity index (χ3v) is 11.5. The fraction of sp³-hybridized carbons (Fsp3) is 0.744. The topological polar surface area (TPSA) is 127 Å². The van der Waals surface area contributed by atoms with Crippen LogP contribution in [-0.2, 0) is 35.1 Å². The first kappa shape index (κ1) is 48.6. The smallest absolute Gasteiger partial charge is 0.247 e. The first-order valence-electron chi connectivity index (χ1n) is 20.5. The molecule has 318 valence electrons. The fourth-order valence-electron chi connectivity index (χ4n) is 8.07. The molecule has 0 aliphatic carbocycles. The van der Waals surface area contributed by atoms with Crippen LogP contribution < -0.4 is 5.32 Å². The average Bonchev–Trinajstić information content (AvgIpc) is 3.65. The Balaban J connectivity index is 2.34. The van der Waals surface area contributed by atoms with Gasteiger partial charge < -0.3 is 39.3 Å². The van der Waals surface area contributed by atoms with E-state index in [-0.39, 0.29) is 60.3 Å². The normalized spacial score (nSPS) is 18.0. The molecule has 0 radical (unpaired) electrons. The van der Waals surface area contributed by atoms with Gasteiger partial charge in [-0.15, -0.1) is 0 Å². The minimum Gasteiger partial charge on any atom is -0.379 e. The Morgan fingerprint density at radius 3 is 2.05 bits per heavy atom. The minimum atomic E-state index is -0.625. The molecule has 56 heavy (non-hydrogen) atoms. The van der Waals surface area contributed by atoms with Gasteiger partial charge in [0.2, 0.25) is 17.7 Å². The largest absolute Gasteiger partial charge is 0.379 e. The molecule has 3 amide bonds. The lowest BCUT2D eigenvalue weighted by Crippen LogP contribution is -2.55. The number of aliphatic imine (C=N–C) groups is 1. The highest BCUT2D eigenvalue weighted by molar-refractivity contribution is 5.89. The molecule has 1 heterocycles. The van der Waals surface area contributed by atoms with Crippen molar-refractivity contribution in [1.29, 1.82) is 0 Å². The third kappa shape index (κ3) is 13.3. The van der Waals surface area contributed by atoms with Gasteiger partial charge in [0.15, 0.2) is 5.96 Å². The molecule has 0 saturated carbocycles. The Morgan fingerprint density at radius 1 is 0.911 bits per heavy atom. The molecule has 1 aliphatic heterocycles. The van der Waals surface area contributed by atoms with Gasteiger partial charge in [0.05, 0.1) is 30.7 Å². The van der Waals surface area contributed by atoms with Gasteiger partial charge in [-0.1, -0.05) is 71.4 Å². The number of rotatable bonds is 22. The summed E-state index contributed by atoms with van der Waals surface area (Å²) in [6.07, 6.45) is 1.74. The van der Waals surface area contributed by atoms with Gasteiger partial charge in [-0.2, -0.15) is 0 Å². The zero-order chi connectivity index (χ0) is 42.3. The lowest BCUT2D eigenvalue weighted by Gasteiger charge is -2.40. The number of hydrogen-bond donors (Lipinski definition) is 1. The Kier molecular flexibility index (Phi) is 20.5. The molecule has 13 heteroatoms. The van der Waals surface area contributed by atoms with Gasteiger partial charge in [0.25, 0.3) is 0 Å². The van der Waals surface area contributed by atoms with E-state index in [9.17, 15) is 19.2 Å². The number of likely N-dealkylation sites (N-methyl/N-ethyl adjacent to an activating group) is 3. The standard InChI is InChI=1S/C43H75N7O6/c1-15-30(4)39(49(12)42(54)38(29(2)3)45-43(46(7)8)47(9)10)36(55-13)28-37(52)50-24-19-22-34(50)40(56-14)31(5)35(51)27-33(26-32-20-17-16-18-21-32)41(53)48(11)25-23-44-6/h16-18,20-21,29-31,33-34,36,38-40,44H,15,19,22-28H2,1-14H3/t30-,31-,33+,34-,36+,38-,39-,40+/m0/s1. The Bertz CT molecular complexity index is 1400. The van der Waals surface area contributed by atoms with Gasteiger partial charge in [0.1, 0.15) is 11.8 Å². The van der Waals surface area contributed by atoms with Crippen molar-refractivity contribution in [2.45, 2.75) is 103 Å². The predicted octanol–water partition coefficient (Wildman–Crippen LogP) is 3.91. The second kappa shape index (κ2) is 23.6. The zero-order valence-corrected chi connectivity index (χ0v) is 37.1. The van der Waals surface area contributed by atoms with E-state index in [1.807, 2.05) is 101 Å². The monoisotopic (exact) mass is 786 g/mol. The molecule has 8 atom stereocenters. The van der Waals surface area contributed by atoms with Crippen LogP contribution in [0.15, 0.2) is 35.3 Å². The van der Waals surface area contributed by atoms with Crippen LogP contribution >= 0.6 is 0 Å². The summed E-state index contributed by atoms with van der Waals surface area (Å²) < 4.78 is 12.1. The van der Waals surface area contributed by atoms with Crippen LogP contribution in [0.1, 0.15) is 72.3 Å². The molecule has 1 saturated heterocycles. The zero-order valence-electron chi connectivity index (χ0n) is 37.1. The highest BCUT2D eigenvalue weighted by Crippen LogP contribution is 2.31.